The summed E-state index contributed by atoms with van der Waals surface area (Å²) in [6.07, 6.45) is 0.971. The van der Waals surface area contributed by atoms with E-state index in [-0.39, 0.29) is 11.8 Å². The van der Waals surface area contributed by atoms with Gasteiger partial charge in [0.2, 0.25) is 11.8 Å². The van der Waals surface area contributed by atoms with Gasteiger partial charge in [0.15, 0.2) is 0 Å². The normalized spacial score (nSPS) is 21.6. The number of carbonyl (C=O) groups excluding carboxylic acids is 2. The number of methoxy groups -OCH3 is 1. The molecule has 0 aromatic heterocycles. The Morgan fingerprint density at radius 1 is 1.38 bits per heavy atom. The number of hydrogen-bond donors (Lipinski definition) is 1. The van der Waals surface area contributed by atoms with Gasteiger partial charge >= 0.3 is 0 Å². The molecule has 0 aliphatic carbocycles. The fraction of sp³-hybridized carbons (Fsp3) is 0.500. The van der Waals surface area contributed by atoms with Gasteiger partial charge in [0.25, 0.3) is 0 Å². The molecule has 0 spiro atoms. The molecular weight excluding hydrogens is 268 g/mol. The average molecular weight is 290 g/mol. The summed E-state index contributed by atoms with van der Waals surface area (Å²) in [4.78, 5) is 26.3. The maximum atomic E-state index is 12.4. The zero-order valence-corrected chi connectivity index (χ0v) is 12.6. The summed E-state index contributed by atoms with van der Waals surface area (Å²) in [7, 11) is 1.59. The molecule has 1 saturated heterocycles. The van der Waals surface area contributed by atoms with E-state index >= 15 is 0 Å². The van der Waals surface area contributed by atoms with Gasteiger partial charge < -0.3 is 15.0 Å². The van der Waals surface area contributed by atoms with E-state index in [9.17, 15) is 9.59 Å². The van der Waals surface area contributed by atoms with E-state index in [2.05, 4.69) is 5.32 Å². The van der Waals surface area contributed by atoms with Gasteiger partial charge in [0, 0.05) is 26.6 Å². The Hall–Kier alpha value is -1.88. The number of hydrogen-bond acceptors (Lipinski definition) is 3. The summed E-state index contributed by atoms with van der Waals surface area (Å²) in [6.45, 7) is 3.23. The minimum atomic E-state index is -0.777. The second-order valence-corrected chi connectivity index (χ2v) is 5.49. The summed E-state index contributed by atoms with van der Waals surface area (Å²) in [5, 5.41) is 2.84. The lowest BCUT2D eigenvalue weighted by molar-refractivity contribution is -0.141. The number of carbonyl (C=O) groups is 2. The molecule has 5 heteroatoms. The van der Waals surface area contributed by atoms with E-state index in [1.165, 1.54) is 0 Å². The molecule has 2 rings (SSSR count). The SMILES string of the molecule is COCCNC(=O)C1(C)CCC(=O)N1Cc1ccccc1. The van der Waals surface area contributed by atoms with E-state index in [1.807, 2.05) is 37.3 Å². The first-order valence-corrected chi connectivity index (χ1v) is 7.19. The van der Waals surface area contributed by atoms with Crippen molar-refractivity contribution < 1.29 is 14.3 Å². The van der Waals surface area contributed by atoms with Crippen molar-refractivity contribution in [2.75, 3.05) is 20.3 Å². The maximum Gasteiger partial charge on any atom is 0.245 e. The lowest BCUT2D eigenvalue weighted by Crippen LogP contribution is -2.54. The predicted molar refractivity (Wildman–Crippen MR) is 79.5 cm³/mol. The third-order valence-electron chi connectivity index (χ3n) is 3.99. The Labute approximate surface area is 125 Å². The molecule has 1 unspecified atom stereocenters. The van der Waals surface area contributed by atoms with Crippen LogP contribution in [0.1, 0.15) is 25.3 Å². The van der Waals surface area contributed by atoms with E-state index in [4.69, 9.17) is 4.74 Å². The molecule has 1 aromatic rings. The molecule has 2 amide bonds. The number of likely N-dealkylation sites (tertiary alicyclic amines) is 1. The van der Waals surface area contributed by atoms with Crippen LogP contribution in [0.2, 0.25) is 0 Å². The second-order valence-electron chi connectivity index (χ2n) is 5.49. The van der Waals surface area contributed by atoms with Gasteiger partial charge in [0.1, 0.15) is 5.54 Å². The molecule has 1 atom stereocenters. The van der Waals surface area contributed by atoms with Crippen molar-refractivity contribution in [1.82, 2.24) is 10.2 Å². The Bertz CT molecular complexity index is 504. The van der Waals surface area contributed by atoms with Crippen molar-refractivity contribution >= 4 is 11.8 Å². The van der Waals surface area contributed by atoms with Gasteiger partial charge in [0.05, 0.1) is 6.61 Å². The van der Waals surface area contributed by atoms with Crippen molar-refractivity contribution in [3.05, 3.63) is 35.9 Å². The first-order chi connectivity index (χ1) is 10.1. The number of benzene rings is 1. The topological polar surface area (TPSA) is 58.6 Å². The van der Waals surface area contributed by atoms with Gasteiger partial charge in [-0.2, -0.15) is 0 Å². The molecule has 1 heterocycles. The molecule has 1 fully saturated rings. The van der Waals surface area contributed by atoms with Crippen molar-refractivity contribution in [1.29, 1.82) is 0 Å². The number of ether oxygens (including phenoxy) is 1. The van der Waals surface area contributed by atoms with Crippen LogP contribution in [0.5, 0.6) is 0 Å². The highest BCUT2D eigenvalue weighted by Crippen LogP contribution is 2.31. The Balaban J connectivity index is 2.09. The molecular formula is C16H22N2O3. The van der Waals surface area contributed by atoms with Crippen LogP contribution in [-0.4, -0.2) is 42.5 Å². The number of amides is 2. The van der Waals surface area contributed by atoms with Gasteiger partial charge in [-0.25, -0.2) is 0 Å². The highest BCUT2D eigenvalue weighted by Gasteiger charge is 2.46. The quantitative estimate of drug-likeness (QED) is 0.804. The first kappa shape index (κ1) is 15.5. The number of nitrogens with one attached hydrogen (secondary N) is 1. The van der Waals surface area contributed by atoms with Crippen LogP contribution >= 0.6 is 0 Å². The lowest BCUT2D eigenvalue weighted by Gasteiger charge is -2.34. The fourth-order valence-corrected chi connectivity index (χ4v) is 2.62. The summed E-state index contributed by atoms with van der Waals surface area (Å²) in [6, 6.07) is 9.74. The summed E-state index contributed by atoms with van der Waals surface area (Å²) < 4.78 is 4.94. The third-order valence-corrected chi connectivity index (χ3v) is 3.99. The molecule has 0 bridgehead atoms. The van der Waals surface area contributed by atoms with Crippen molar-refractivity contribution in [3.8, 4) is 0 Å². The molecule has 0 saturated carbocycles. The van der Waals surface area contributed by atoms with Crippen LogP contribution in [0.15, 0.2) is 30.3 Å². The molecule has 21 heavy (non-hydrogen) atoms. The van der Waals surface area contributed by atoms with Crippen molar-refractivity contribution in [2.45, 2.75) is 31.8 Å². The molecule has 114 valence electrons. The first-order valence-electron chi connectivity index (χ1n) is 7.19. The maximum absolute atomic E-state index is 12.4. The van der Waals surface area contributed by atoms with Crippen LogP contribution in [0.3, 0.4) is 0 Å². The molecule has 5 nitrogen and oxygen atoms in total. The largest absolute Gasteiger partial charge is 0.383 e. The minimum absolute atomic E-state index is 0.0308. The van der Waals surface area contributed by atoms with E-state index < -0.39 is 5.54 Å². The van der Waals surface area contributed by atoms with E-state index in [1.54, 1.807) is 12.0 Å². The predicted octanol–water partition coefficient (Wildman–Crippen LogP) is 1.33. The average Bonchev–Trinajstić information content (AvgIpc) is 2.78. The standard InChI is InChI=1S/C16H22N2O3/c1-16(15(20)17-10-11-21-2)9-8-14(19)18(16)12-13-6-4-3-5-7-13/h3-7H,8-12H2,1-2H3,(H,17,20). The zero-order valence-electron chi connectivity index (χ0n) is 12.6. The summed E-state index contributed by atoms with van der Waals surface area (Å²) in [5.74, 6) is -0.0791. The Morgan fingerprint density at radius 2 is 2.10 bits per heavy atom. The smallest absolute Gasteiger partial charge is 0.245 e. The Kier molecular flexibility index (Phi) is 4.96. The molecule has 1 N–H and O–H groups in total. The molecule has 1 aliphatic rings. The van der Waals surface area contributed by atoms with Crippen molar-refractivity contribution in [3.63, 3.8) is 0 Å². The monoisotopic (exact) mass is 290 g/mol. The minimum Gasteiger partial charge on any atom is -0.383 e. The van der Waals surface area contributed by atoms with E-state index in [0.717, 1.165) is 5.56 Å². The van der Waals surface area contributed by atoms with Gasteiger partial charge in [-0.05, 0) is 18.9 Å². The molecule has 0 radical (unpaired) electrons. The summed E-state index contributed by atoms with van der Waals surface area (Å²) >= 11 is 0. The fourth-order valence-electron chi connectivity index (χ4n) is 2.62. The van der Waals surface area contributed by atoms with Gasteiger partial charge in [-0.1, -0.05) is 30.3 Å². The Morgan fingerprint density at radius 3 is 2.76 bits per heavy atom. The highest BCUT2D eigenvalue weighted by molar-refractivity contribution is 5.94. The lowest BCUT2D eigenvalue weighted by atomic mass is 9.97. The molecule has 1 aromatic carbocycles. The zero-order chi connectivity index (χ0) is 15.3. The van der Waals surface area contributed by atoms with Crippen LogP contribution in [0, 0.1) is 0 Å². The van der Waals surface area contributed by atoms with E-state index in [0.29, 0.717) is 32.5 Å². The van der Waals surface area contributed by atoms with Crippen LogP contribution in [-0.2, 0) is 20.9 Å². The number of rotatable bonds is 6. The van der Waals surface area contributed by atoms with Crippen molar-refractivity contribution in [2.24, 2.45) is 0 Å². The van der Waals surface area contributed by atoms with Crippen LogP contribution in [0.25, 0.3) is 0 Å². The summed E-state index contributed by atoms with van der Waals surface area (Å²) in [5.41, 5.74) is 0.254. The van der Waals surface area contributed by atoms with Crippen LogP contribution < -0.4 is 5.32 Å². The third kappa shape index (κ3) is 3.42. The van der Waals surface area contributed by atoms with Gasteiger partial charge in [-0.3, -0.25) is 9.59 Å². The molecule has 1 aliphatic heterocycles. The second kappa shape index (κ2) is 6.72. The number of nitrogens with zero attached hydrogens (tertiary/aromatic N) is 1. The highest BCUT2D eigenvalue weighted by atomic mass is 16.5. The van der Waals surface area contributed by atoms with Gasteiger partial charge in [-0.15, -0.1) is 0 Å². The van der Waals surface area contributed by atoms with Crippen LogP contribution in [0.4, 0.5) is 0 Å².